The summed E-state index contributed by atoms with van der Waals surface area (Å²) in [6.45, 7) is 0.342. The van der Waals surface area contributed by atoms with Crippen LogP contribution in [-0.4, -0.2) is 56.9 Å². The van der Waals surface area contributed by atoms with Gasteiger partial charge in [0.2, 0.25) is 5.90 Å². The van der Waals surface area contributed by atoms with Gasteiger partial charge in [0.25, 0.3) is 5.91 Å². The van der Waals surface area contributed by atoms with Crippen LogP contribution in [0.2, 0.25) is 0 Å². The number of hydrogen-bond acceptors (Lipinski definition) is 9. The Morgan fingerprint density at radius 1 is 1.12 bits per heavy atom. The first-order valence-electron chi connectivity index (χ1n) is 12.7. The lowest BCUT2D eigenvalue weighted by molar-refractivity contribution is -0.139. The van der Waals surface area contributed by atoms with Gasteiger partial charge in [0, 0.05) is 41.2 Å². The van der Waals surface area contributed by atoms with Gasteiger partial charge in [0.05, 0.1) is 24.4 Å². The van der Waals surface area contributed by atoms with Gasteiger partial charge >= 0.3 is 0 Å². The van der Waals surface area contributed by atoms with Crippen LogP contribution in [0.5, 0.6) is 5.75 Å². The molecule has 1 aliphatic heterocycles. The Balaban J connectivity index is 1.80. The van der Waals surface area contributed by atoms with Crippen molar-refractivity contribution in [2.24, 2.45) is 10.1 Å². The van der Waals surface area contributed by atoms with Crippen molar-refractivity contribution in [1.82, 2.24) is 5.48 Å². The van der Waals surface area contributed by atoms with Crippen molar-refractivity contribution < 1.29 is 32.6 Å². The highest BCUT2D eigenvalue weighted by Gasteiger charge is 2.54. The monoisotopic (exact) mass is 579 g/mol. The molecule has 0 aromatic heterocycles. The molecule has 2 atom stereocenters. The Hall–Kier alpha value is -4.42. The van der Waals surface area contributed by atoms with Crippen molar-refractivity contribution >= 4 is 27.3 Å². The van der Waals surface area contributed by atoms with Crippen LogP contribution in [0.3, 0.4) is 0 Å². The number of aliphatic hydroxyl groups excluding tert-OH is 1. The van der Waals surface area contributed by atoms with E-state index >= 15 is 0 Å². The van der Waals surface area contributed by atoms with E-state index in [4.69, 9.17) is 29.9 Å². The number of hydrogen-bond donors (Lipinski definition) is 2. The fourth-order valence-electron chi connectivity index (χ4n) is 4.41. The van der Waals surface area contributed by atoms with Crippen molar-refractivity contribution in [3.63, 3.8) is 0 Å². The molecule has 0 aliphatic carbocycles. The van der Waals surface area contributed by atoms with Crippen molar-refractivity contribution in [2.75, 3.05) is 26.1 Å². The molecule has 3 aromatic rings. The molecule has 0 bridgehead atoms. The van der Waals surface area contributed by atoms with Crippen LogP contribution in [-0.2, 0) is 24.2 Å². The smallest absolute Gasteiger partial charge is 0.275 e. The average molecular weight is 580 g/mol. The van der Waals surface area contributed by atoms with E-state index in [-0.39, 0.29) is 29.5 Å². The van der Waals surface area contributed by atoms with Crippen LogP contribution in [0, 0.1) is 0 Å². The Morgan fingerprint density at radius 3 is 2.51 bits per heavy atom. The number of rotatable bonds is 13. The molecule has 1 aliphatic rings. The van der Waals surface area contributed by atoms with Crippen molar-refractivity contribution in [2.45, 2.75) is 29.4 Å². The first kappa shape index (κ1) is 29.6. The van der Waals surface area contributed by atoms with E-state index in [0.717, 1.165) is 0 Å². The summed E-state index contributed by atoms with van der Waals surface area (Å²) < 4.78 is 38.4. The number of nitrogens with one attached hydrogen (secondary N) is 1. The van der Waals surface area contributed by atoms with E-state index in [1.165, 1.54) is 19.2 Å². The van der Waals surface area contributed by atoms with E-state index in [2.05, 4.69) is 15.5 Å². The van der Waals surface area contributed by atoms with Gasteiger partial charge in [-0.1, -0.05) is 47.6 Å². The number of ether oxygens (including phenoxy) is 2. The number of hydroxylamine groups is 1. The zero-order valence-corrected chi connectivity index (χ0v) is 23.0. The topological polar surface area (TPSA) is 172 Å². The third kappa shape index (κ3) is 6.67. The molecule has 41 heavy (non-hydrogen) atoms. The highest BCUT2D eigenvalue weighted by molar-refractivity contribution is 7.91. The molecule has 4 rings (SSSR count). The van der Waals surface area contributed by atoms with E-state index < -0.39 is 33.1 Å². The van der Waals surface area contributed by atoms with Gasteiger partial charge in [-0.05, 0) is 41.9 Å². The van der Waals surface area contributed by atoms with Gasteiger partial charge in [-0.2, -0.15) is 0 Å². The minimum Gasteiger partial charge on any atom is -0.494 e. The lowest BCUT2D eigenvalue weighted by Gasteiger charge is -2.30. The molecule has 12 nitrogen and oxygen atoms in total. The number of carbonyl (C=O) groups excluding carboxylic acids is 1. The van der Waals surface area contributed by atoms with E-state index in [0.29, 0.717) is 29.9 Å². The van der Waals surface area contributed by atoms with Gasteiger partial charge < -0.3 is 14.6 Å². The summed E-state index contributed by atoms with van der Waals surface area (Å²) in [7, 11) is -2.57. The maximum absolute atomic E-state index is 13.7. The average Bonchev–Trinajstić information content (AvgIpc) is 3.38. The summed E-state index contributed by atoms with van der Waals surface area (Å²) in [6, 6.07) is 21.2. The molecule has 0 fully saturated rings. The lowest BCUT2D eigenvalue weighted by Crippen LogP contribution is -2.49. The van der Waals surface area contributed by atoms with E-state index in [1.54, 1.807) is 66.7 Å². The summed E-state index contributed by atoms with van der Waals surface area (Å²) in [5.74, 6) is -0.533. The number of amides is 1. The van der Waals surface area contributed by atoms with Crippen LogP contribution in [0.15, 0.2) is 93.9 Å². The number of aliphatic hydroxyl groups is 1. The summed E-state index contributed by atoms with van der Waals surface area (Å²) >= 11 is 0. The Bertz CT molecular complexity index is 1540. The molecule has 2 N–H and O–H groups in total. The molecule has 0 saturated carbocycles. The Kier molecular flexibility index (Phi) is 9.58. The summed E-state index contributed by atoms with van der Waals surface area (Å²) in [6.07, 6.45) is -0.964. The standard InChI is InChI=1S/C28H29N5O7S/c1-38-32-27(35)28(16-19-41(36,37)22-8-3-2-4-9-22)25(23-10-5-6-11-24(23)31-33-29)40-26(30-28)20-12-14-21(15-13-20)39-18-7-17-34/h2-6,8-15,25,34H,7,16-19H2,1H3,(H,32,35)/t25-,28-/m0/s1. The largest absolute Gasteiger partial charge is 0.494 e. The zero-order chi connectivity index (χ0) is 29.3. The maximum atomic E-state index is 13.7. The predicted octanol–water partition coefficient (Wildman–Crippen LogP) is 4.19. The number of sulfone groups is 1. The quantitative estimate of drug-likeness (QED) is 0.100. The van der Waals surface area contributed by atoms with Crippen molar-refractivity contribution in [3.05, 3.63) is 100 Å². The lowest BCUT2D eigenvalue weighted by atomic mass is 9.84. The summed E-state index contributed by atoms with van der Waals surface area (Å²) in [5.41, 5.74) is 10.7. The minimum atomic E-state index is -3.82. The zero-order valence-electron chi connectivity index (χ0n) is 22.2. The fourth-order valence-corrected chi connectivity index (χ4v) is 5.80. The van der Waals surface area contributed by atoms with Crippen LogP contribution >= 0.6 is 0 Å². The first-order valence-corrected chi connectivity index (χ1v) is 14.4. The molecule has 0 radical (unpaired) electrons. The number of aliphatic imine (C=N–C) groups is 1. The molecular formula is C28H29N5O7S. The maximum Gasteiger partial charge on any atom is 0.275 e. The third-order valence-electron chi connectivity index (χ3n) is 6.45. The number of benzene rings is 3. The molecule has 0 unspecified atom stereocenters. The number of carbonyl (C=O) groups is 1. The molecule has 13 heteroatoms. The highest BCUT2D eigenvalue weighted by atomic mass is 32.2. The first-order chi connectivity index (χ1) is 19.8. The highest BCUT2D eigenvalue weighted by Crippen LogP contribution is 2.45. The van der Waals surface area contributed by atoms with Gasteiger partial charge in [0.1, 0.15) is 5.75 Å². The molecule has 0 saturated heterocycles. The van der Waals surface area contributed by atoms with E-state index in [1.807, 2.05) is 0 Å². The summed E-state index contributed by atoms with van der Waals surface area (Å²) in [4.78, 5) is 26.3. The van der Waals surface area contributed by atoms with Crippen LogP contribution < -0.4 is 10.2 Å². The van der Waals surface area contributed by atoms with Gasteiger partial charge in [-0.25, -0.2) is 18.9 Å². The van der Waals surface area contributed by atoms with E-state index in [9.17, 15) is 13.2 Å². The number of nitrogens with zero attached hydrogens (tertiary/aromatic N) is 4. The normalized spacial score (nSPS) is 18.1. The Labute approximate surface area is 237 Å². The van der Waals surface area contributed by atoms with Crippen LogP contribution in [0.4, 0.5) is 5.69 Å². The molecule has 3 aromatic carbocycles. The second kappa shape index (κ2) is 13.3. The molecule has 214 valence electrons. The fraction of sp³-hybridized carbons (Fsp3) is 0.286. The Morgan fingerprint density at radius 2 is 1.83 bits per heavy atom. The second-order valence-corrected chi connectivity index (χ2v) is 11.2. The van der Waals surface area contributed by atoms with Crippen LogP contribution in [0.25, 0.3) is 10.4 Å². The molecule has 1 amide bonds. The van der Waals surface area contributed by atoms with Gasteiger partial charge in [-0.3, -0.25) is 9.63 Å². The molecular weight excluding hydrogens is 550 g/mol. The summed E-state index contributed by atoms with van der Waals surface area (Å²) in [5, 5.41) is 12.7. The predicted molar refractivity (Wildman–Crippen MR) is 150 cm³/mol. The van der Waals surface area contributed by atoms with Crippen LogP contribution in [0.1, 0.15) is 30.1 Å². The molecule has 1 heterocycles. The molecule has 0 spiro atoms. The van der Waals surface area contributed by atoms with Crippen molar-refractivity contribution in [1.29, 1.82) is 0 Å². The minimum absolute atomic E-state index is 0.00700. The van der Waals surface area contributed by atoms with Crippen molar-refractivity contribution in [3.8, 4) is 5.75 Å². The number of azide groups is 1. The third-order valence-corrected chi connectivity index (χ3v) is 8.18. The second-order valence-electron chi connectivity index (χ2n) is 9.05. The van der Waals surface area contributed by atoms with Gasteiger partial charge in [-0.15, -0.1) is 0 Å². The van der Waals surface area contributed by atoms with Gasteiger partial charge in [0.15, 0.2) is 21.5 Å². The SMILES string of the molecule is CONC(=O)[C@@]1(CCS(=O)(=O)c2ccccc2)N=C(c2ccc(OCCCO)cc2)O[C@H]1c1ccccc1N=[N+]=[N-].